The quantitative estimate of drug-likeness (QED) is 0.617. The van der Waals surface area contributed by atoms with Gasteiger partial charge in [0, 0.05) is 19.5 Å². The minimum atomic E-state index is -0.914. The standard InChI is InChI=1S/C8H14N2O3/c9-4-3-7(11)10-5-1-2-6(10)8(12)13/h6H,1-5,9H2,(H,12,13). The van der Waals surface area contributed by atoms with Crippen LogP contribution in [0, 0.1) is 0 Å². The van der Waals surface area contributed by atoms with Gasteiger partial charge in [-0.15, -0.1) is 0 Å². The van der Waals surface area contributed by atoms with Crippen molar-refractivity contribution < 1.29 is 14.7 Å². The van der Waals surface area contributed by atoms with Gasteiger partial charge >= 0.3 is 5.97 Å². The number of likely N-dealkylation sites (tertiary alicyclic amines) is 1. The summed E-state index contributed by atoms with van der Waals surface area (Å²) in [5, 5.41) is 8.78. The molecule has 0 aromatic heterocycles. The lowest BCUT2D eigenvalue weighted by atomic mass is 10.2. The van der Waals surface area contributed by atoms with Gasteiger partial charge in [0.05, 0.1) is 0 Å². The molecule has 74 valence electrons. The molecule has 5 heteroatoms. The molecule has 1 fully saturated rings. The van der Waals surface area contributed by atoms with Crippen LogP contribution in [0.3, 0.4) is 0 Å². The number of carbonyl (C=O) groups is 2. The molecule has 13 heavy (non-hydrogen) atoms. The van der Waals surface area contributed by atoms with Crippen molar-refractivity contribution in [1.82, 2.24) is 4.90 Å². The first kappa shape index (κ1) is 9.98. The van der Waals surface area contributed by atoms with Gasteiger partial charge in [0.25, 0.3) is 0 Å². The molecule has 5 nitrogen and oxygen atoms in total. The van der Waals surface area contributed by atoms with E-state index < -0.39 is 12.0 Å². The second-order valence-electron chi connectivity index (χ2n) is 3.12. The summed E-state index contributed by atoms with van der Waals surface area (Å²) in [4.78, 5) is 23.5. The second kappa shape index (κ2) is 4.23. The van der Waals surface area contributed by atoms with Crippen LogP contribution >= 0.6 is 0 Å². The second-order valence-corrected chi connectivity index (χ2v) is 3.12. The Balaban J connectivity index is 2.57. The average Bonchev–Trinajstić information content (AvgIpc) is 2.52. The molecule has 1 rings (SSSR count). The molecule has 0 spiro atoms. The van der Waals surface area contributed by atoms with E-state index in [9.17, 15) is 9.59 Å². The summed E-state index contributed by atoms with van der Waals surface area (Å²) < 4.78 is 0. The molecule has 0 aromatic rings. The van der Waals surface area contributed by atoms with Crippen LogP contribution in [0.5, 0.6) is 0 Å². The largest absolute Gasteiger partial charge is 0.480 e. The van der Waals surface area contributed by atoms with Gasteiger partial charge in [0.2, 0.25) is 5.91 Å². The third-order valence-corrected chi connectivity index (χ3v) is 2.22. The van der Waals surface area contributed by atoms with Crippen LogP contribution in [0.2, 0.25) is 0 Å². The summed E-state index contributed by atoms with van der Waals surface area (Å²) in [5.41, 5.74) is 5.22. The number of rotatable bonds is 3. The van der Waals surface area contributed by atoms with Crippen molar-refractivity contribution in [2.24, 2.45) is 5.73 Å². The van der Waals surface area contributed by atoms with E-state index in [-0.39, 0.29) is 18.9 Å². The predicted octanol–water partition coefficient (Wildman–Crippen LogP) is -0.589. The SMILES string of the molecule is NCCC(=O)N1CCCC1C(=O)O. The summed E-state index contributed by atoms with van der Waals surface area (Å²) in [6.07, 6.45) is 1.57. The van der Waals surface area contributed by atoms with E-state index >= 15 is 0 Å². The van der Waals surface area contributed by atoms with Crippen LogP contribution in [0.15, 0.2) is 0 Å². The zero-order valence-corrected chi connectivity index (χ0v) is 7.40. The Hall–Kier alpha value is -1.10. The van der Waals surface area contributed by atoms with E-state index in [2.05, 4.69) is 0 Å². The van der Waals surface area contributed by atoms with Crippen molar-refractivity contribution >= 4 is 11.9 Å². The van der Waals surface area contributed by atoms with Crippen molar-refractivity contribution in [3.8, 4) is 0 Å². The maximum Gasteiger partial charge on any atom is 0.326 e. The van der Waals surface area contributed by atoms with Gasteiger partial charge < -0.3 is 15.7 Å². The Morgan fingerprint density at radius 3 is 2.77 bits per heavy atom. The summed E-state index contributed by atoms with van der Waals surface area (Å²) in [5.74, 6) is -1.06. The summed E-state index contributed by atoms with van der Waals surface area (Å²) in [7, 11) is 0. The van der Waals surface area contributed by atoms with Crippen molar-refractivity contribution in [1.29, 1.82) is 0 Å². The van der Waals surface area contributed by atoms with E-state index in [0.29, 0.717) is 13.0 Å². The molecule has 1 aliphatic rings. The molecule has 1 aliphatic heterocycles. The average molecular weight is 186 g/mol. The number of hydrogen-bond acceptors (Lipinski definition) is 3. The van der Waals surface area contributed by atoms with Crippen LogP contribution < -0.4 is 5.73 Å². The Bertz CT molecular complexity index is 217. The Morgan fingerprint density at radius 2 is 2.23 bits per heavy atom. The van der Waals surface area contributed by atoms with Crippen LogP contribution in [0.1, 0.15) is 19.3 Å². The molecule has 1 heterocycles. The van der Waals surface area contributed by atoms with Crippen LogP contribution in [0.25, 0.3) is 0 Å². The number of amides is 1. The lowest BCUT2D eigenvalue weighted by Gasteiger charge is -2.20. The summed E-state index contributed by atoms with van der Waals surface area (Å²) >= 11 is 0. The topological polar surface area (TPSA) is 83.6 Å². The fourth-order valence-electron chi connectivity index (χ4n) is 1.59. The fourth-order valence-corrected chi connectivity index (χ4v) is 1.59. The van der Waals surface area contributed by atoms with Gasteiger partial charge in [-0.1, -0.05) is 0 Å². The maximum absolute atomic E-state index is 11.3. The van der Waals surface area contributed by atoms with E-state index in [4.69, 9.17) is 10.8 Å². The highest BCUT2D eigenvalue weighted by molar-refractivity contribution is 5.84. The molecule has 0 radical (unpaired) electrons. The number of carbonyl (C=O) groups excluding carboxylic acids is 1. The number of nitrogens with zero attached hydrogens (tertiary/aromatic N) is 1. The van der Waals surface area contributed by atoms with E-state index in [0.717, 1.165) is 6.42 Å². The molecular formula is C8H14N2O3. The molecule has 0 aliphatic carbocycles. The van der Waals surface area contributed by atoms with E-state index in [1.165, 1.54) is 4.90 Å². The van der Waals surface area contributed by atoms with Gasteiger partial charge in [-0.25, -0.2) is 4.79 Å². The summed E-state index contributed by atoms with van der Waals surface area (Å²) in [6.45, 7) is 0.831. The Morgan fingerprint density at radius 1 is 1.54 bits per heavy atom. The Kier molecular flexibility index (Phi) is 3.25. The van der Waals surface area contributed by atoms with Crippen LogP contribution in [-0.4, -0.2) is 41.0 Å². The third-order valence-electron chi connectivity index (χ3n) is 2.22. The molecular weight excluding hydrogens is 172 g/mol. The lowest BCUT2D eigenvalue weighted by molar-refractivity contribution is -0.148. The molecule has 1 saturated heterocycles. The highest BCUT2D eigenvalue weighted by Gasteiger charge is 2.33. The molecule has 3 N–H and O–H groups in total. The van der Waals surface area contributed by atoms with Crippen LogP contribution in [-0.2, 0) is 9.59 Å². The Labute approximate surface area is 76.5 Å². The van der Waals surface area contributed by atoms with Gasteiger partial charge in [0.15, 0.2) is 0 Å². The minimum absolute atomic E-state index is 0.146. The molecule has 1 atom stereocenters. The molecule has 0 bridgehead atoms. The zero-order valence-electron chi connectivity index (χ0n) is 7.40. The molecule has 1 amide bonds. The first-order valence-corrected chi connectivity index (χ1v) is 4.39. The van der Waals surface area contributed by atoms with Gasteiger partial charge in [-0.3, -0.25) is 4.79 Å². The zero-order chi connectivity index (χ0) is 9.84. The van der Waals surface area contributed by atoms with Crippen molar-refractivity contribution in [3.63, 3.8) is 0 Å². The predicted molar refractivity (Wildman–Crippen MR) is 46.0 cm³/mol. The van der Waals surface area contributed by atoms with Gasteiger partial charge in [0.1, 0.15) is 6.04 Å². The molecule has 1 unspecified atom stereocenters. The summed E-state index contributed by atoms with van der Waals surface area (Å²) in [6, 6.07) is -0.626. The number of hydrogen-bond donors (Lipinski definition) is 2. The third kappa shape index (κ3) is 2.18. The first-order valence-electron chi connectivity index (χ1n) is 4.39. The minimum Gasteiger partial charge on any atom is -0.480 e. The lowest BCUT2D eigenvalue weighted by Crippen LogP contribution is -2.41. The van der Waals surface area contributed by atoms with E-state index in [1.54, 1.807) is 0 Å². The normalized spacial score (nSPS) is 21.9. The fraction of sp³-hybridized carbons (Fsp3) is 0.750. The van der Waals surface area contributed by atoms with Crippen molar-refractivity contribution in [2.45, 2.75) is 25.3 Å². The molecule has 0 aromatic carbocycles. The first-order chi connectivity index (χ1) is 6.16. The monoisotopic (exact) mass is 186 g/mol. The maximum atomic E-state index is 11.3. The van der Waals surface area contributed by atoms with Gasteiger partial charge in [-0.2, -0.15) is 0 Å². The highest BCUT2D eigenvalue weighted by Crippen LogP contribution is 2.17. The van der Waals surface area contributed by atoms with E-state index in [1.807, 2.05) is 0 Å². The van der Waals surface area contributed by atoms with Crippen molar-refractivity contribution in [2.75, 3.05) is 13.1 Å². The smallest absolute Gasteiger partial charge is 0.326 e. The molecule has 0 saturated carbocycles. The van der Waals surface area contributed by atoms with Crippen molar-refractivity contribution in [3.05, 3.63) is 0 Å². The number of aliphatic carboxylic acids is 1. The highest BCUT2D eigenvalue weighted by atomic mass is 16.4. The number of carboxylic acids is 1. The van der Waals surface area contributed by atoms with Crippen LogP contribution in [0.4, 0.5) is 0 Å². The van der Waals surface area contributed by atoms with Gasteiger partial charge in [-0.05, 0) is 12.8 Å². The number of nitrogens with two attached hydrogens (primary N) is 1. The number of carboxylic acid groups (broad SMARTS) is 1.